The van der Waals surface area contributed by atoms with Crippen LogP contribution < -0.4 is 5.73 Å². The SMILES string of the molecule is CC(C[C@@H](N)C(C)c1ccccc1)C(=O)O. The fraction of sp³-hybridized carbons (Fsp3) is 0.462. The quantitative estimate of drug-likeness (QED) is 0.801. The molecule has 0 heterocycles. The number of carboxylic acid groups (broad SMARTS) is 1. The molecule has 3 nitrogen and oxygen atoms in total. The monoisotopic (exact) mass is 221 g/mol. The molecule has 2 unspecified atom stereocenters. The Morgan fingerprint density at radius 1 is 1.31 bits per heavy atom. The van der Waals surface area contributed by atoms with E-state index in [2.05, 4.69) is 0 Å². The highest BCUT2D eigenvalue weighted by atomic mass is 16.4. The van der Waals surface area contributed by atoms with Crippen molar-refractivity contribution in [2.24, 2.45) is 11.7 Å². The van der Waals surface area contributed by atoms with Crippen LogP contribution in [0.25, 0.3) is 0 Å². The highest BCUT2D eigenvalue weighted by Crippen LogP contribution is 2.21. The van der Waals surface area contributed by atoms with Gasteiger partial charge in [-0.25, -0.2) is 0 Å². The molecule has 1 aromatic rings. The molecular formula is C13H19NO2. The van der Waals surface area contributed by atoms with Crippen LogP contribution in [-0.4, -0.2) is 17.1 Å². The molecule has 0 radical (unpaired) electrons. The third kappa shape index (κ3) is 3.35. The van der Waals surface area contributed by atoms with Crippen LogP contribution in [-0.2, 0) is 4.79 Å². The maximum atomic E-state index is 10.7. The van der Waals surface area contributed by atoms with Gasteiger partial charge in [0.2, 0.25) is 0 Å². The summed E-state index contributed by atoms with van der Waals surface area (Å²) in [6.07, 6.45) is 0.505. The third-order valence-corrected chi connectivity index (χ3v) is 3.01. The number of benzene rings is 1. The highest BCUT2D eigenvalue weighted by molar-refractivity contribution is 5.69. The van der Waals surface area contributed by atoms with E-state index in [1.54, 1.807) is 6.92 Å². The fourth-order valence-corrected chi connectivity index (χ4v) is 1.72. The number of nitrogens with two attached hydrogens (primary N) is 1. The smallest absolute Gasteiger partial charge is 0.306 e. The summed E-state index contributed by atoms with van der Waals surface area (Å²) in [5.41, 5.74) is 7.18. The predicted octanol–water partition coefficient (Wildman–Crippen LogP) is 2.23. The molecule has 0 aromatic heterocycles. The van der Waals surface area contributed by atoms with Gasteiger partial charge in [-0.3, -0.25) is 4.79 Å². The average Bonchev–Trinajstić information content (AvgIpc) is 2.28. The minimum Gasteiger partial charge on any atom is -0.481 e. The zero-order chi connectivity index (χ0) is 12.1. The van der Waals surface area contributed by atoms with Crippen LogP contribution in [0.2, 0.25) is 0 Å². The normalized spacial score (nSPS) is 16.4. The summed E-state index contributed by atoms with van der Waals surface area (Å²) in [7, 11) is 0. The molecule has 16 heavy (non-hydrogen) atoms. The number of hydrogen-bond donors (Lipinski definition) is 2. The van der Waals surface area contributed by atoms with E-state index >= 15 is 0 Å². The Labute approximate surface area is 96.3 Å². The molecule has 0 fully saturated rings. The van der Waals surface area contributed by atoms with Gasteiger partial charge in [-0.05, 0) is 17.9 Å². The second-order valence-corrected chi connectivity index (χ2v) is 4.34. The minimum atomic E-state index is -0.782. The van der Waals surface area contributed by atoms with Crippen LogP contribution in [0.3, 0.4) is 0 Å². The van der Waals surface area contributed by atoms with Crippen molar-refractivity contribution in [3.8, 4) is 0 Å². The summed E-state index contributed by atoms with van der Waals surface area (Å²) >= 11 is 0. The van der Waals surface area contributed by atoms with Gasteiger partial charge in [-0.2, -0.15) is 0 Å². The van der Waals surface area contributed by atoms with Crippen LogP contribution in [0.5, 0.6) is 0 Å². The molecule has 0 spiro atoms. The maximum Gasteiger partial charge on any atom is 0.306 e. The topological polar surface area (TPSA) is 63.3 Å². The Hall–Kier alpha value is -1.35. The lowest BCUT2D eigenvalue weighted by Crippen LogP contribution is -2.30. The predicted molar refractivity (Wildman–Crippen MR) is 64.2 cm³/mol. The lowest BCUT2D eigenvalue weighted by atomic mass is 9.88. The summed E-state index contributed by atoms with van der Waals surface area (Å²) in [4.78, 5) is 10.7. The molecule has 1 aromatic carbocycles. The zero-order valence-electron chi connectivity index (χ0n) is 9.76. The Kier molecular flexibility index (Phi) is 4.50. The Morgan fingerprint density at radius 3 is 2.38 bits per heavy atom. The number of carboxylic acids is 1. The lowest BCUT2D eigenvalue weighted by Gasteiger charge is -2.21. The molecule has 0 bridgehead atoms. The second-order valence-electron chi connectivity index (χ2n) is 4.34. The van der Waals surface area contributed by atoms with Crippen molar-refractivity contribution < 1.29 is 9.90 Å². The summed E-state index contributed by atoms with van der Waals surface area (Å²) < 4.78 is 0. The van der Waals surface area contributed by atoms with Gasteiger partial charge in [0.15, 0.2) is 0 Å². The summed E-state index contributed by atoms with van der Waals surface area (Å²) in [6, 6.07) is 9.83. The van der Waals surface area contributed by atoms with Crippen molar-refractivity contribution in [2.75, 3.05) is 0 Å². The first-order valence-corrected chi connectivity index (χ1v) is 5.55. The van der Waals surface area contributed by atoms with E-state index in [4.69, 9.17) is 10.8 Å². The van der Waals surface area contributed by atoms with Crippen molar-refractivity contribution >= 4 is 5.97 Å². The van der Waals surface area contributed by atoms with Crippen LogP contribution in [0.1, 0.15) is 31.7 Å². The molecular weight excluding hydrogens is 202 g/mol. The standard InChI is InChI=1S/C13H19NO2/c1-9(13(15)16)8-12(14)10(2)11-6-4-3-5-7-11/h3-7,9-10,12H,8,14H2,1-2H3,(H,15,16)/t9?,10?,12-/m1/s1. The van der Waals surface area contributed by atoms with Gasteiger partial charge in [-0.1, -0.05) is 44.2 Å². The van der Waals surface area contributed by atoms with Gasteiger partial charge >= 0.3 is 5.97 Å². The Morgan fingerprint density at radius 2 is 1.88 bits per heavy atom. The lowest BCUT2D eigenvalue weighted by molar-refractivity contribution is -0.141. The van der Waals surface area contributed by atoms with Crippen LogP contribution in [0, 0.1) is 5.92 Å². The second kappa shape index (κ2) is 5.66. The molecule has 3 heteroatoms. The first-order chi connectivity index (χ1) is 7.52. The molecule has 0 amide bonds. The van der Waals surface area contributed by atoms with E-state index in [9.17, 15) is 4.79 Å². The zero-order valence-corrected chi connectivity index (χ0v) is 9.76. The van der Waals surface area contributed by atoms with Crippen molar-refractivity contribution in [2.45, 2.75) is 32.2 Å². The van der Waals surface area contributed by atoms with E-state index in [0.717, 1.165) is 5.56 Å². The van der Waals surface area contributed by atoms with Gasteiger partial charge in [0, 0.05) is 6.04 Å². The van der Waals surface area contributed by atoms with Crippen LogP contribution >= 0.6 is 0 Å². The Balaban J connectivity index is 2.61. The minimum absolute atomic E-state index is 0.117. The fourth-order valence-electron chi connectivity index (χ4n) is 1.72. The number of hydrogen-bond acceptors (Lipinski definition) is 2. The van der Waals surface area contributed by atoms with Crippen molar-refractivity contribution in [1.29, 1.82) is 0 Å². The van der Waals surface area contributed by atoms with Crippen molar-refractivity contribution in [3.05, 3.63) is 35.9 Å². The number of rotatable bonds is 5. The van der Waals surface area contributed by atoms with E-state index in [0.29, 0.717) is 6.42 Å². The van der Waals surface area contributed by atoms with Crippen molar-refractivity contribution in [1.82, 2.24) is 0 Å². The summed E-state index contributed by atoms with van der Waals surface area (Å²) in [5, 5.41) is 8.83. The molecule has 0 aliphatic carbocycles. The molecule has 3 atom stereocenters. The molecule has 0 aliphatic rings. The van der Waals surface area contributed by atoms with Gasteiger partial charge in [-0.15, -0.1) is 0 Å². The van der Waals surface area contributed by atoms with E-state index in [1.807, 2.05) is 37.3 Å². The van der Waals surface area contributed by atoms with E-state index in [1.165, 1.54) is 0 Å². The molecule has 0 saturated heterocycles. The van der Waals surface area contributed by atoms with Gasteiger partial charge in [0.05, 0.1) is 5.92 Å². The summed E-state index contributed by atoms with van der Waals surface area (Å²) in [6.45, 7) is 3.73. The average molecular weight is 221 g/mol. The number of aliphatic carboxylic acids is 1. The highest BCUT2D eigenvalue weighted by Gasteiger charge is 2.20. The maximum absolute atomic E-state index is 10.7. The van der Waals surface area contributed by atoms with E-state index in [-0.39, 0.29) is 17.9 Å². The van der Waals surface area contributed by atoms with Crippen LogP contribution in [0.4, 0.5) is 0 Å². The number of carbonyl (C=O) groups is 1. The summed E-state index contributed by atoms with van der Waals surface area (Å²) in [5.74, 6) is -0.986. The van der Waals surface area contributed by atoms with Gasteiger partial charge < -0.3 is 10.8 Å². The first kappa shape index (κ1) is 12.7. The van der Waals surface area contributed by atoms with Crippen LogP contribution in [0.15, 0.2) is 30.3 Å². The van der Waals surface area contributed by atoms with Gasteiger partial charge in [0.25, 0.3) is 0 Å². The van der Waals surface area contributed by atoms with E-state index < -0.39 is 5.97 Å². The molecule has 1 rings (SSSR count). The molecule has 3 N–H and O–H groups in total. The van der Waals surface area contributed by atoms with Gasteiger partial charge in [0.1, 0.15) is 0 Å². The first-order valence-electron chi connectivity index (χ1n) is 5.55. The van der Waals surface area contributed by atoms with Crippen molar-refractivity contribution in [3.63, 3.8) is 0 Å². The molecule has 88 valence electrons. The largest absolute Gasteiger partial charge is 0.481 e. The molecule has 0 saturated carbocycles. The molecule has 0 aliphatic heterocycles. The third-order valence-electron chi connectivity index (χ3n) is 3.01. The Bertz CT molecular complexity index is 337.